The van der Waals surface area contributed by atoms with Crippen molar-refractivity contribution in [2.75, 3.05) is 0 Å². The van der Waals surface area contributed by atoms with Crippen LogP contribution in [0.5, 0.6) is 0 Å². The lowest BCUT2D eigenvalue weighted by Gasteiger charge is -2.30. The second kappa shape index (κ2) is 3.65. The Labute approximate surface area is 94.4 Å². The van der Waals surface area contributed by atoms with E-state index in [4.69, 9.17) is 11.6 Å². The van der Waals surface area contributed by atoms with Crippen molar-refractivity contribution in [1.29, 1.82) is 0 Å². The zero-order valence-electron chi connectivity index (χ0n) is 8.94. The van der Waals surface area contributed by atoms with Gasteiger partial charge in [-0.25, -0.2) is 0 Å². The van der Waals surface area contributed by atoms with Gasteiger partial charge in [-0.05, 0) is 18.8 Å². The number of nitrogens with zero attached hydrogens (tertiary/aromatic N) is 2. The lowest BCUT2D eigenvalue weighted by atomic mass is 9.84. The summed E-state index contributed by atoms with van der Waals surface area (Å²) in [6.45, 7) is 2.14. The Kier molecular flexibility index (Phi) is 2.61. The van der Waals surface area contributed by atoms with E-state index in [0.29, 0.717) is 23.1 Å². The summed E-state index contributed by atoms with van der Waals surface area (Å²) in [6.07, 6.45) is 7.11. The van der Waals surface area contributed by atoms with Crippen molar-refractivity contribution in [1.82, 2.24) is 9.78 Å². The fourth-order valence-electron chi connectivity index (χ4n) is 2.05. The quantitative estimate of drug-likeness (QED) is 0.746. The molecule has 1 aromatic heterocycles. The summed E-state index contributed by atoms with van der Waals surface area (Å²) in [5, 5.41) is 15.1. The Morgan fingerprint density at radius 2 is 2.40 bits per heavy atom. The van der Waals surface area contributed by atoms with Crippen molar-refractivity contribution >= 4 is 11.6 Å². The fraction of sp³-hybridized carbons (Fsp3) is 0.545. The third kappa shape index (κ3) is 1.82. The van der Waals surface area contributed by atoms with Crippen LogP contribution < -0.4 is 0 Å². The van der Waals surface area contributed by atoms with Crippen molar-refractivity contribution in [2.24, 2.45) is 13.0 Å². The molecule has 2 unspecified atom stereocenters. The molecule has 1 heterocycles. The first kappa shape index (κ1) is 10.7. The minimum Gasteiger partial charge on any atom is -0.379 e. The molecule has 0 bridgehead atoms. The highest BCUT2D eigenvalue weighted by molar-refractivity contribution is 6.31. The van der Waals surface area contributed by atoms with Crippen LogP contribution in [0, 0.1) is 5.92 Å². The predicted molar refractivity (Wildman–Crippen MR) is 59.7 cm³/mol. The summed E-state index contributed by atoms with van der Waals surface area (Å²) in [4.78, 5) is 0. The van der Waals surface area contributed by atoms with E-state index in [0.717, 1.165) is 6.42 Å². The second-order valence-corrected chi connectivity index (χ2v) is 4.67. The van der Waals surface area contributed by atoms with Gasteiger partial charge in [-0.15, -0.1) is 0 Å². The molecule has 2 atom stereocenters. The van der Waals surface area contributed by atoms with Gasteiger partial charge in [0.25, 0.3) is 0 Å². The first-order valence-electron chi connectivity index (χ1n) is 5.12. The largest absolute Gasteiger partial charge is 0.379 e. The summed E-state index contributed by atoms with van der Waals surface area (Å²) >= 11 is 6.03. The Balaban J connectivity index is 2.42. The van der Waals surface area contributed by atoms with Gasteiger partial charge < -0.3 is 5.11 Å². The molecular weight excluding hydrogens is 212 g/mol. The van der Waals surface area contributed by atoms with Gasteiger partial charge in [-0.3, -0.25) is 4.68 Å². The molecule has 1 N–H and O–H groups in total. The van der Waals surface area contributed by atoms with Gasteiger partial charge in [0.1, 0.15) is 5.60 Å². The maximum atomic E-state index is 10.5. The molecule has 82 valence electrons. The molecule has 0 aromatic carbocycles. The minimum atomic E-state index is -0.950. The topological polar surface area (TPSA) is 38.1 Å². The molecule has 1 aromatic rings. The van der Waals surface area contributed by atoms with Gasteiger partial charge in [-0.2, -0.15) is 5.10 Å². The molecule has 0 fully saturated rings. The molecule has 0 saturated carbocycles. The first-order valence-corrected chi connectivity index (χ1v) is 5.50. The summed E-state index contributed by atoms with van der Waals surface area (Å²) in [7, 11) is 1.80. The van der Waals surface area contributed by atoms with Gasteiger partial charge in [0, 0.05) is 7.05 Å². The molecular formula is C11H15ClN2O. The van der Waals surface area contributed by atoms with Gasteiger partial charge in [0.05, 0.1) is 16.9 Å². The minimum absolute atomic E-state index is 0.525. The van der Waals surface area contributed by atoms with Gasteiger partial charge >= 0.3 is 0 Å². The Morgan fingerprint density at radius 1 is 1.67 bits per heavy atom. The third-order valence-electron chi connectivity index (χ3n) is 2.99. The first-order chi connectivity index (χ1) is 7.03. The summed E-state index contributed by atoms with van der Waals surface area (Å²) in [5.74, 6) is 0.525. The maximum Gasteiger partial charge on any atom is 0.126 e. The van der Waals surface area contributed by atoms with E-state index in [1.165, 1.54) is 0 Å². The predicted octanol–water partition coefficient (Wildman–Crippen LogP) is 2.25. The van der Waals surface area contributed by atoms with E-state index < -0.39 is 5.60 Å². The third-order valence-corrected chi connectivity index (χ3v) is 3.26. The van der Waals surface area contributed by atoms with Crippen LogP contribution in [0.25, 0.3) is 0 Å². The fourth-order valence-corrected chi connectivity index (χ4v) is 2.38. The van der Waals surface area contributed by atoms with Crippen LogP contribution in [0.4, 0.5) is 0 Å². The Hall–Kier alpha value is -0.800. The number of rotatable bonds is 1. The Bertz CT molecular complexity index is 380. The zero-order chi connectivity index (χ0) is 11.1. The van der Waals surface area contributed by atoms with Gasteiger partial charge in [-0.1, -0.05) is 30.7 Å². The van der Waals surface area contributed by atoms with Crippen LogP contribution >= 0.6 is 11.6 Å². The van der Waals surface area contributed by atoms with Crippen molar-refractivity contribution in [3.8, 4) is 0 Å². The molecule has 1 aliphatic rings. The molecule has 0 saturated heterocycles. The number of aromatic nitrogens is 2. The molecule has 0 radical (unpaired) electrons. The molecule has 15 heavy (non-hydrogen) atoms. The highest BCUT2D eigenvalue weighted by atomic mass is 35.5. The van der Waals surface area contributed by atoms with Gasteiger partial charge in [0.2, 0.25) is 0 Å². The van der Waals surface area contributed by atoms with Crippen LogP contribution in [0.15, 0.2) is 18.3 Å². The summed E-state index contributed by atoms with van der Waals surface area (Å²) in [6, 6.07) is 0. The Morgan fingerprint density at radius 3 is 2.87 bits per heavy atom. The van der Waals surface area contributed by atoms with Crippen LogP contribution in [-0.4, -0.2) is 14.9 Å². The number of hydrogen-bond acceptors (Lipinski definition) is 2. The lowest BCUT2D eigenvalue weighted by Crippen LogP contribution is -2.29. The molecule has 2 rings (SSSR count). The van der Waals surface area contributed by atoms with E-state index in [-0.39, 0.29) is 0 Å². The molecule has 4 heteroatoms. The van der Waals surface area contributed by atoms with E-state index in [9.17, 15) is 5.11 Å². The smallest absolute Gasteiger partial charge is 0.126 e. The molecule has 0 amide bonds. The van der Waals surface area contributed by atoms with E-state index in [2.05, 4.69) is 12.0 Å². The van der Waals surface area contributed by atoms with Crippen LogP contribution in [0.3, 0.4) is 0 Å². The highest BCUT2D eigenvalue weighted by Gasteiger charge is 2.34. The lowest BCUT2D eigenvalue weighted by molar-refractivity contribution is 0.0591. The molecule has 1 aliphatic carbocycles. The molecule has 0 aliphatic heterocycles. The van der Waals surface area contributed by atoms with Gasteiger partial charge in [0.15, 0.2) is 0 Å². The SMILES string of the molecule is CC1C=CC(O)(c2c(Cl)cnn2C)CC1. The van der Waals surface area contributed by atoms with E-state index >= 15 is 0 Å². The number of allylic oxidation sites excluding steroid dienone is 1. The summed E-state index contributed by atoms with van der Waals surface area (Å²) in [5.41, 5.74) is -0.262. The highest BCUT2D eigenvalue weighted by Crippen LogP contribution is 2.37. The number of hydrogen-bond donors (Lipinski definition) is 1. The molecule has 0 spiro atoms. The van der Waals surface area contributed by atoms with Crippen molar-refractivity contribution in [2.45, 2.75) is 25.4 Å². The monoisotopic (exact) mass is 226 g/mol. The average Bonchev–Trinajstić information content (AvgIpc) is 2.52. The number of aliphatic hydroxyl groups is 1. The van der Waals surface area contributed by atoms with Crippen LogP contribution in [0.2, 0.25) is 5.02 Å². The van der Waals surface area contributed by atoms with E-state index in [1.807, 2.05) is 12.2 Å². The van der Waals surface area contributed by atoms with Crippen LogP contribution in [-0.2, 0) is 12.6 Å². The van der Waals surface area contributed by atoms with E-state index in [1.54, 1.807) is 17.9 Å². The summed E-state index contributed by atoms with van der Waals surface area (Å²) < 4.78 is 1.64. The maximum absolute atomic E-state index is 10.5. The number of halogens is 1. The standard InChI is InChI=1S/C11H15ClN2O/c1-8-3-5-11(15,6-4-8)10-9(12)7-13-14(10)2/h3,5,7-8,15H,4,6H2,1-2H3. The zero-order valence-corrected chi connectivity index (χ0v) is 9.70. The molecule has 3 nitrogen and oxygen atoms in total. The van der Waals surface area contributed by atoms with Crippen molar-refractivity contribution in [3.63, 3.8) is 0 Å². The number of aryl methyl sites for hydroxylation is 1. The normalized spacial score (nSPS) is 30.8. The van der Waals surface area contributed by atoms with Crippen molar-refractivity contribution in [3.05, 3.63) is 29.1 Å². The van der Waals surface area contributed by atoms with Crippen molar-refractivity contribution < 1.29 is 5.11 Å². The van der Waals surface area contributed by atoms with Crippen LogP contribution in [0.1, 0.15) is 25.5 Å². The average molecular weight is 227 g/mol. The second-order valence-electron chi connectivity index (χ2n) is 4.26.